The van der Waals surface area contributed by atoms with Crippen LogP contribution in [0.25, 0.3) is 22.0 Å². The van der Waals surface area contributed by atoms with Crippen LogP contribution >= 0.6 is 0 Å². The van der Waals surface area contributed by atoms with Crippen molar-refractivity contribution in [2.24, 2.45) is 0 Å². The highest BCUT2D eigenvalue weighted by atomic mass is 32.2. The Morgan fingerprint density at radius 3 is 2.75 bits per heavy atom. The van der Waals surface area contributed by atoms with E-state index >= 15 is 0 Å². The van der Waals surface area contributed by atoms with Crippen molar-refractivity contribution in [3.05, 3.63) is 66.2 Å². The molecule has 12 heteroatoms. The average Bonchev–Trinajstić information content (AvgIpc) is 2.96. The van der Waals surface area contributed by atoms with Crippen LogP contribution in [0.3, 0.4) is 0 Å². The van der Waals surface area contributed by atoms with E-state index in [-0.39, 0.29) is 24.0 Å². The summed E-state index contributed by atoms with van der Waals surface area (Å²) in [6.07, 6.45) is 5.18. The zero-order chi connectivity index (χ0) is 28.1. The lowest BCUT2D eigenvalue weighted by Gasteiger charge is -2.23. The number of ether oxygens (including phenoxy) is 1. The first-order chi connectivity index (χ1) is 19.3. The molecule has 4 aromatic rings. The predicted molar refractivity (Wildman–Crippen MR) is 151 cm³/mol. The number of pyridine rings is 1. The van der Waals surface area contributed by atoms with E-state index in [0.29, 0.717) is 33.7 Å². The number of rotatable bonds is 10. The largest absolute Gasteiger partial charge is 0.437 e. The summed E-state index contributed by atoms with van der Waals surface area (Å²) in [5.41, 5.74) is 1.75. The lowest BCUT2D eigenvalue weighted by Crippen LogP contribution is -2.38. The number of hydrogen-bond acceptors (Lipinski definition) is 8. The Hall–Kier alpha value is -3.90. The highest BCUT2D eigenvalue weighted by molar-refractivity contribution is 7.92. The number of fused-ring (bicyclic) bond motifs is 1. The molecule has 9 nitrogen and oxygen atoms in total. The Morgan fingerprint density at radius 2 is 1.95 bits per heavy atom. The number of piperidine rings is 1. The molecule has 0 bridgehead atoms. The fraction of sp³-hybridized carbons (Fsp3) is 0.321. The van der Waals surface area contributed by atoms with E-state index in [4.69, 9.17) is 9.72 Å². The van der Waals surface area contributed by atoms with Gasteiger partial charge in [-0.25, -0.2) is 27.8 Å². The molecule has 3 N–H and O–H groups in total. The minimum atomic E-state index is -3.96. The molecule has 0 aliphatic carbocycles. The van der Waals surface area contributed by atoms with Crippen LogP contribution in [0.1, 0.15) is 24.8 Å². The molecule has 210 valence electrons. The van der Waals surface area contributed by atoms with E-state index in [2.05, 4.69) is 25.3 Å². The van der Waals surface area contributed by atoms with Crippen LogP contribution < -0.4 is 20.1 Å². The molecule has 1 aliphatic heterocycles. The van der Waals surface area contributed by atoms with Crippen LogP contribution in [0.15, 0.2) is 54.9 Å². The Labute approximate surface area is 231 Å². The number of hydrogen-bond donors (Lipinski definition) is 3. The van der Waals surface area contributed by atoms with Gasteiger partial charge in [-0.15, -0.1) is 0 Å². The van der Waals surface area contributed by atoms with Gasteiger partial charge in [0.2, 0.25) is 21.9 Å². The van der Waals surface area contributed by atoms with Crippen LogP contribution in [0.2, 0.25) is 0 Å². The number of alkyl halides is 1. The summed E-state index contributed by atoms with van der Waals surface area (Å²) in [5.74, 6) is -0.0426. The van der Waals surface area contributed by atoms with Gasteiger partial charge in [-0.1, -0.05) is 12.1 Å². The maximum absolute atomic E-state index is 14.8. The van der Waals surface area contributed by atoms with Crippen molar-refractivity contribution in [3.8, 4) is 22.9 Å². The summed E-state index contributed by atoms with van der Waals surface area (Å²) in [6.45, 7) is 2.88. The van der Waals surface area contributed by atoms with Crippen LogP contribution in [-0.2, 0) is 10.0 Å². The fourth-order valence-electron chi connectivity index (χ4n) is 4.65. The maximum atomic E-state index is 14.8. The van der Waals surface area contributed by atoms with Crippen LogP contribution in [0, 0.1) is 12.7 Å². The SMILES string of the molecule is Cc1ccc2c(NS(=O)(=O)CCCF)c(F)ccc2c1Oc1ncccc1-c1ccnc(NC2CCCNC2)n1. The lowest BCUT2D eigenvalue weighted by atomic mass is 10.0. The summed E-state index contributed by atoms with van der Waals surface area (Å²) in [4.78, 5) is 13.5. The molecule has 5 rings (SSSR count). The van der Waals surface area contributed by atoms with Gasteiger partial charge >= 0.3 is 0 Å². The molecule has 0 saturated carbocycles. The van der Waals surface area contributed by atoms with Gasteiger partial charge in [0.15, 0.2) is 0 Å². The van der Waals surface area contributed by atoms with Crippen LogP contribution in [-0.4, -0.2) is 54.9 Å². The topological polar surface area (TPSA) is 118 Å². The number of anilines is 2. The molecule has 40 heavy (non-hydrogen) atoms. The molecular weight excluding hydrogens is 538 g/mol. The molecule has 0 spiro atoms. The molecule has 1 fully saturated rings. The molecule has 2 aromatic carbocycles. The molecule has 3 heterocycles. The van der Waals surface area contributed by atoms with Gasteiger partial charge in [-0.05, 0) is 68.6 Å². The van der Waals surface area contributed by atoms with Crippen molar-refractivity contribution < 1.29 is 21.9 Å². The van der Waals surface area contributed by atoms with Crippen molar-refractivity contribution in [2.45, 2.75) is 32.2 Å². The fourth-order valence-corrected chi connectivity index (χ4v) is 5.76. The molecule has 0 radical (unpaired) electrons. The summed E-state index contributed by atoms with van der Waals surface area (Å²) < 4.78 is 60.9. The van der Waals surface area contributed by atoms with Crippen molar-refractivity contribution in [3.63, 3.8) is 0 Å². The van der Waals surface area contributed by atoms with Crippen LogP contribution in [0.4, 0.5) is 20.4 Å². The van der Waals surface area contributed by atoms with Gasteiger partial charge in [0.25, 0.3) is 0 Å². The summed E-state index contributed by atoms with van der Waals surface area (Å²) in [6, 6.07) is 11.6. The zero-order valence-corrected chi connectivity index (χ0v) is 22.8. The monoisotopic (exact) mass is 568 g/mol. The third-order valence-electron chi connectivity index (χ3n) is 6.63. The molecule has 2 aromatic heterocycles. The Bertz CT molecular complexity index is 1610. The van der Waals surface area contributed by atoms with Crippen LogP contribution in [0.5, 0.6) is 11.6 Å². The first kappa shape index (κ1) is 27.7. The minimum absolute atomic E-state index is 0.185. The molecule has 1 unspecified atom stereocenters. The van der Waals surface area contributed by atoms with E-state index in [1.165, 1.54) is 12.1 Å². The normalized spacial score (nSPS) is 15.6. The molecule has 1 atom stereocenters. The average molecular weight is 569 g/mol. The number of aryl methyl sites for hydroxylation is 1. The molecule has 1 aliphatic rings. The second-order valence-corrected chi connectivity index (χ2v) is 11.4. The summed E-state index contributed by atoms with van der Waals surface area (Å²) in [7, 11) is -3.96. The second-order valence-electron chi connectivity index (χ2n) is 9.60. The number of aromatic nitrogens is 3. The number of halogens is 2. The standard InChI is InChI=1S/C28H30F2N6O3S/c1-18-7-8-20-21(9-10-23(30)25(20)36-40(37,38)16-4-12-29)26(18)39-27-22(6-3-14-32-27)24-11-15-33-28(35-24)34-19-5-2-13-31-17-19/h3,6-11,14-15,19,31,36H,2,4-5,12-13,16-17H2,1H3,(H,33,34,35). The van der Waals surface area contributed by atoms with Gasteiger partial charge in [-0.2, -0.15) is 0 Å². The third-order valence-corrected chi connectivity index (χ3v) is 7.97. The Kier molecular flexibility index (Phi) is 8.36. The number of benzene rings is 2. The van der Waals surface area contributed by atoms with Gasteiger partial charge in [0.05, 0.1) is 29.4 Å². The van der Waals surface area contributed by atoms with E-state index in [1.807, 2.05) is 13.0 Å². The molecular formula is C28H30F2N6O3S. The third kappa shape index (κ3) is 6.28. The van der Waals surface area contributed by atoms with E-state index in [0.717, 1.165) is 31.5 Å². The van der Waals surface area contributed by atoms with Gasteiger partial charge < -0.3 is 15.4 Å². The number of nitrogens with zero attached hydrogens (tertiary/aromatic N) is 3. The lowest BCUT2D eigenvalue weighted by molar-refractivity contribution is 0.466. The van der Waals surface area contributed by atoms with E-state index in [9.17, 15) is 17.2 Å². The van der Waals surface area contributed by atoms with Crippen molar-refractivity contribution in [1.29, 1.82) is 0 Å². The molecule has 0 amide bonds. The van der Waals surface area contributed by atoms with Gasteiger partial charge in [0, 0.05) is 35.8 Å². The van der Waals surface area contributed by atoms with Crippen molar-refractivity contribution in [1.82, 2.24) is 20.3 Å². The van der Waals surface area contributed by atoms with Gasteiger partial charge in [0.1, 0.15) is 11.6 Å². The number of sulfonamides is 1. The van der Waals surface area contributed by atoms with Gasteiger partial charge in [-0.3, -0.25) is 9.11 Å². The zero-order valence-electron chi connectivity index (χ0n) is 22.0. The van der Waals surface area contributed by atoms with Crippen molar-refractivity contribution in [2.75, 3.05) is 35.6 Å². The number of nitrogens with one attached hydrogen (secondary N) is 3. The minimum Gasteiger partial charge on any atom is -0.437 e. The quantitative estimate of drug-likeness (QED) is 0.239. The Balaban J connectivity index is 1.49. The summed E-state index contributed by atoms with van der Waals surface area (Å²) >= 11 is 0. The highest BCUT2D eigenvalue weighted by Crippen LogP contribution is 2.39. The second kappa shape index (κ2) is 12.1. The Morgan fingerprint density at radius 1 is 1.10 bits per heavy atom. The highest BCUT2D eigenvalue weighted by Gasteiger charge is 2.20. The van der Waals surface area contributed by atoms with E-state index in [1.54, 1.807) is 36.7 Å². The maximum Gasteiger partial charge on any atom is 0.232 e. The first-order valence-corrected chi connectivity index (χ1v) is 14.7. The first-order valence-electron chi connectivity index (χ1n) is 13.1. The summed E-state index contributed by atoms with van der Waals surface area (Å²) in [5, 5.41) is 7.52. The predicted octanol–water partition coefficient (Wildman–Crippen LogP) is 5.20. The smallest absolute Gasteiger partial charge is 0.232 e. The molecule has 1 saturated heterocycles. The van der Waals surface area contributed by atoms with Crippen molar-refractivity contribution >= 4 is 32.4 Å². The van der Waals surface area contributed by atoms with E-state index < -0.39 is 28.3 Å².